The van der Waals surface area contributed by atoms with Gasteiger partial charge in [0.2, 0.25) is 0 Å². The Kier molecular flexibility index (Phi) is 6.75. The summed E-state index contributed by atoms with van der Waals surface area (Å²) < 4.78 is 0. The van der Waals surface area contributed by atoms with Gasteiger partial charge in [0.05, 0.1) is 13.2 Å². The topological polar surface area (TPSA) is 72.8 Å². The van der Waals surface area contributed by atoms with E-state index in [1.807, 2.05) is 6.92 Å². The van der Waals surface area contributed by atoms with Crippen molar-refractivity contribution >= 4 is 6.03 Å². The summed E-state index contributed by atoms with van der Waals surface area (Å²) in [5, 5.41) is 20.4. The lowest BCUT2D eigenvalue weighted by atomic mass is 10.0. The molecular formula is C13H24N2O3. The number of aliphatic hydroxyl groups is 2. The van der Waals surface area contributed by atoms with Crippen LogP contribution in [0.3, 0.4) is 0 Å². The minimum atomic E-state index is -0.268. The van der Waals surface area contributed by atoms with Crippen molar-refractivity contribution in [3.05, 3.63) is 11.8 Å². The molecule has 0 radical (unpaired) electrons. The number of hydrogen-bond acceptors (Lipinski definition) is 3. The summed E-state index contributed by atoms with van der Waals surface area (Å²) in [6, 6.07) is -0.268. The lowest BCUT2D eigenvalue weighted by Gasteiger charge is -2.20. The average Bonchev–Trinajstić information content (AvgIpc) is 2.89. The van der Waals surface area contributed by atoms with E-state index in [0.717, 1.165) is 0 Å². The number of carbonyl (C=O) groups excluding carboxylic acids is 1. The molecule has 0 bridgehead atoms. The highest BCUT2D eigenvalue weighted by molar-refractivity contribution is 5.75. The van der Waals surface area contributed by atoms with Crippen LogP contribution in [-0.2, 0) is 0 Å². The number of allylic oxidation sites excluding steroid dienone is 1. The number of hydrogen-bond donors (Lipinski definition) is 3. The molecule has 0 unspecified atom stereocenters. The highest BCUT2D eigenvalue weighted by Crippen LogP contribution is 2.30. The van der Waals surface area contributed by atoms with Crippen molar-refractivity contribution in [2.75, 3.05) is 26.3 Å². The first kappa shape index (κ1) is 15.0. The minimum Gasteiger partial charge on any atom is -0.395 e. The summed E-state index contributed by atoms with van der Waals surface area (Å²) >= 11 is 0. The standard InChI is InChI=1S/C13H24N2O3/c1-11(12-4-2-3-5-12)10-14-13(18)15(6-8-16)7-9-17/h10,12,16-17H,2-9H2,1H3,(H,14,18)/b11-10+. The van der Waals surface area contributed by atoms with E-state index in [9.17, 15) is 4.79 Å². The maximum atomic E-state index is 11.8. The molecule has 0 aromatic rings. The van der Waals surface area contributed by atoms with E-state index < -0.39 is 0 Å². The van der Waals surface area contributed by atoms with E-state index in [1.54, 1.807) is 6.20 Å². The van der Waals surface area contributed by atoms with E-state index in [-0.39, 0.29) is 32.3 Å². The number of rotatable bonds is 6. The molecule has 5 nitrogen and oxygen atoms in total. The second kappa shape index (κ2) is 8.11. The van der Waals surface area contributed by atoms with Gasteiger partial charge >= 0.3 is 6.03 Å². The minimum absolute atomic E-state index is 0.0985. The lowest BCUT2D eigenvalue weighted by Crippen LogP contribution is -2.41. The average molecular weight is 256 g/mol. The van der Waals surface area contributed by atoms with Crippen molar-refractivity contribution in [1.82, 2.24) is 10.2 Å². The molecule has 1 fully saturated rings. The van der Waals surface area contributed by atoms with Crippen LogP contribution in [0.1, 0.15) is 32.6 Å². The van der Waals surface area contributed by atoms with Crippen molar-refractivity contribution in [2.45, 2.75) is 32.6 Å². The zero-order chi connectivity index (χ0) is 13.4. The third kappa shape index (κ3) is 4.66. The van der Waals surface area contributed by atoms with E-state index in [0.29, 0.717) is 5.92 Å². The Bertz CT molecular complexity index is 280. The van der Waals surface area contributed by atoms with Crippen LogP contribution in [0.2, 0.25) is 0 Å². The summed E-state index contributed by atoms with van der Waals surface area (Å²) in [5.41, 5.74) is 1.20. The molecule has 104 valence electrons. The van der Waals surface area contributed by atoms with Crippen LogP contribution in [0, 0.1) is 5.92 Å². The fourth-order valence-electron chi connectivity index (χ4n) is 2.32. The molecule has 1 aliphatic rings. The number of amides is 2. The van der Waals surface area contributed by atoms with Crippen LogP contribution in [0.4, 0.5) is 4.79 Å². The van der Waals surface area contributed by atoms with Crippen LogP contribution >= 0.6 is 0 Å². The Morgan fingerprint density at radius 2 is 1.83 bits per heavy atom. The number of nitrogens with one attached hydrogen (secondary N) is 1. The van der Waals surface area contributed by atoms with E-state index >= 15 is 0 Å². The Labute approximate surface area is 108 Å². The molecule has 3 N–H and O–H groups in total. The first-order chi connectivity index (χ1) is 8.69. The summed E-state index contributed by atoms with van der Waals surface area (Å²) in [6.07, 6.45) is 6.71. The number of nitrogens with zero attached hydrogens (tertiary/aromatic N) is 1. The number of urea groups is 1. The Morgan fingerprint density at radius 1 is 1.28 bits per heavy atom. The van der Waals surface area contributed by atoms with Crippen molar-refractivity contribution in [1.29, 1.82) is 0 Å². The van der Waals surface area contributed by atoms with Gasteiger partial charge in [-0.1, -0.05) is 18.4 Å². The molecule has 0 aliphatic heterocycles. The number of aliphatic hydroxyl groups excluding tert-OH is 2. The largest absolute Gasteiger partial charge is 0.395 e. The third-order valence-corrected chi connectivity index (χ3v) is 3.45. The fourth-order valence-corrected chi connectivity index (χ4v) is 2.32. The van der Waals surface area contributed by atoms with Gasteiger partial charge in [0, 0.05) is 19.3 Å². The van der Waals surface area contributed by atoms with Crippen LogP contribution in [0.5, 0.6) is 0 Å². The highest BCUT2D eigenvalue weighted by Gasteiger charge is 2.17. The fraction of sp³-hybridized carbons (Fsp3) is 0.769. The van der Waals surface area contributed by atoms with Crippen molar-refractivity contribution in [3.8, 4) is 0 Å². The van der Waals surface area contributed by atoms with Gasteiger partial charge in [-0.05, 0) is 25.7 Å². The molecule has 0 saturated heterocycles. The third-order valence-electron chi connectivity index (χ3n) is 3.45. The van der Waals surface area contributed by atoms with E-state index in [1.165, 1.54) is 36.2 Å². The van der Waals surface area contributed by atoms with Gasteiger partial charge in [-0.2, -0.15) is 0 Å². The molecule has 0 atom stereocenters. The molecule has 18 heavy (non-hydrogen) atoms. The van der Waals surface area contributed by atoms with Crippen LogP contribution in [-0.4, -0.2) is 47.4 Å². The Balaban J connectivity index is 2.43. The zero-order valence-corrected chi connectivity index (χ0v) is 11.1. The quantitative estimate of drug-likeness (QED) is 0.666. The zero-order valence-electron chi connectivity index (χ0n) is 11.1. The van der Waals surface area contributed by atoms with Gasteiger partial charge in [-0.15, -0.1) is 0 Å². The molecule has 1 rings (SSSR count). The molecule has 0 aromatic heterocycles. The summed E-state index contributed by atoms with van der Waals surface area (Å²) in [6.45, 7) is 2.32. The van der Waals surface area contributed by atoms with Gasteiger partial charge < -0.3 is 20.4 Å². The van der Waals surface area contributed by atoms with Gasteiger partial charge in [0.1, 0.15) is 0 Å². The molecule has 1 aliphatic carbocycles. The molecule has 1 saturated carbocycles. The molecule has 2 amide bonds. The maximum Gasteiger partial charge on any atom is 0.321 e. The molecule has 0 heterocycles. The molecular weight excluding hydrogens is 232 g/mol. The predicted octanol–water partition coefficient (Wildman–Crippen LogP) is 1.08. The summed E-state index contributed by atoms with van der Waals surface area (Å²) in [5.74, 6) is 0.592. The highest BCUT2D eigenvalue weighted by atomic mass is 16.3. The molecule has 5 heteroatoms. The predicted molar refractivity (Wildman–Crippen MR) is 70.0 cm³/mol. The van der Waals surface area contributed by atoms with Crippen molar-refractivity contribution < 1.29 is 15.0 Å². The van der Waals surface area contributed by atoms with Crippen LogP contribution in [0.25, 0.3) is 0 Å². The van der Waals surface area contributed by atoms with E-state index in [4.69, 9.17) is 10.2 Å². The summed E-state index contributed by atoms with van der Waals surface area (Å²) in [4.78, 5) is 13.2. The van der Waals surface area contributed by atoms with Gasteiger partial charge in [-0.3, -0.25) is 0 Å². The smallest absolute Gasteiger partial charge is 0.321 e. The normalized spacial score (nSPS) is 16.9. The van der Waals surface area contributed by atoms with Crippen molar-refractivity contribution in [2.24, 2.45) is 5.92 Å². The second-order valence-electron chi connectivity index (χ2n) is 4.75. The van der Waals surface area contributed by atoms with Crippen LogP contribution in [0.15, 0.2) is 11.8 Å². The van der Waals surface area contributed by atoms with Crippen molar-refractivity contribution in [3.63, 3.8) is 0 Å². The SMILES string of the molecule is C/C(=C\NC(=O)N(CCO)CCO)C1CCCC1. The first-order valence-electron chi connectivity index (χ1n) is 6.63. The van der Waals surface area contributed by atoms with E-state index in [2.05, 4.69) is 5.32 Å². The lowest BCUT2D eigenvalue weighted by molar-refractivity contribution is 0.160. The second-order valence-corrected chi connectivity index (χ2v) is 4.75. The van der Waals surface area contributed by atoms with Gasteiger partial charge in [0.25, 0.3) is 0 Å². The molecule has 0 spiro atoms. The summed E-state index contributed by atoms with van der Waals surface area (Å²) in [7, 11) is 0. The van der Waals surface area contributed by atoms with Crippen LogP contribution < -0.4 is 5.32 Å². The number of carbonyl (C=O) groups is 1. The van der Waals surface area contributed by atoms with Gasteiger partial charge in [0.15, 0.2) is 0 Å². The maximum absolute atomic E-state index is 11.8. The molecule has 0 aromatic carbocycles. The Morgan fingerprint density at radius 3 is 2.33 bits per heavy atom. The van der Waals surface area contributed by atoms with Gasteiger partial charge in [-0.25, -0.2) is 4.79 Å². The Hall–Kier alpha value is -1.07. The monoisotopic (exact) mass is 256 g/mol. The first-order valence-corrected chi connectivity index (χ1v) is 6.63.